The molecule has 28 heavy (non-hydrogen) atoms. The summed E-state index contributed by atoms with van der Waals surface area (Å²) in [6.45, 7) is 13.2. The summed E-state index contributed by atoms with van der Waals surface area (Å²) in [5.74, 6) is 2.00. The Morgan fingerprint density at radius 3 is 2.07 bits per heavy atom. The summed E-state index contributed by atoms with van der Waals surface area (Å²) in [4.78, 5) is 12.7. The molecule has 0 bridgehead atoms. The van der Waals surface area contributed by atoms with Crippen LogP contribution in [0.1, 0.15) is 47.8 Å². The number of nitrogens with one attached hydrogen (secondary N) is 1. The number of rotatable bonds is 8. The lowest BCUT2D eigenvalue weighted by atomic mass is 9.99. The molecule has 0 aromatic heterocycles. The van der Waals surface area contributed by atoms with Gasteiger partial charge in [-0.25, -0.2) is 0 Å². The van der Waals surface area contributed by atoms with Crippen LogP contribution in [-0.4, -0.2) is 25.2 Å². The van der Waals surface area contributed by atoms with E-state index in [0.717, 1.165) is 37.3 Å². The van der Waals surface area contributed by atoms with Gasteiger partial charge in [-0.1, -0.05) is 37.6 Å². The predicted octanol–water partition coefficient (Wildman–Crippen LogP) is 5.45. The standard InChI is InChI=1S/C23H30INO3/c1-14(2)12-27-19-8-7-9-20(22(19)24)28-13-18(6)25-23(26)21-16(4)10-15(3)11-17(21)5/h7-11,14,18H,12-13H2,1-6H3,(H,25,26)/t18-/m0/s1. The zero-order valence-corrected chi connectivity index (χ0v) is 19.7. The third kappa shape index (κ3) is 6.12. The van der Waals surface area contributed by atoms with Crippen molar-refractivity contribution in [3.05, 3.63) is 56.2 Å². The molecule has 2 rings (SSSR count). The van der Waals surface area contributed by atoms with Gasteiger partial charge in [0.2, 0.25) is 0 Å². The van der Waals surface area contributed by atoms with Crippen molar-refractivity contribution in [1.82, 2.24) is 5.32 Å². The largest absolute Gasteiger partial charge is 0.492 e. The Kier molecular flexibility index (Phi) is 8.16. The number of benzene rings is 2. The van der Waals surface area contributed by atoms with Crippen LogP contribution in [0.2, 0.25) is 0 Å². The molecule has 2 aromatic carbocycles. The summed E-state index contributed by atoms with van der Waals surface area (Å²) in [7, 11) is 0. The van der Waals surface area contributed by atoms with Crippen molar-refractivity contribution in [3.8, 4) is 11.5 Å². The van der Waals surface area contributed by atoms with Crippen molar-refractivity contribution in [3.63, 3.8) is 0 Å². The fourth-order valence-corrected chi connectivity index (χ4v) is 3.73. The molecule has 2 aromatic rings. The SMILES string of the molecule is Cc1cc(C)c(C(=O)N[C@@H](C)COc2cccc(OCC(C)C)c2I)c(C)c1. The summed E-state index contributed by atoms with van der Waals surface area (Å²) < 4.78 is 12.8. The minimum absolute atomic E-state index is 0.0604. The highest BCUT2D eigenvalue weighted by molar-refractivity contribution is 14.1. The second-order valence-corrected chi connectivity index (χ2v) is 8.81. The number of hydrogen-bond acceptors (Lipinski definition) is 3. The number of halogens is 1. The van der Waals surface area contributed by atoms with Crippen molar-refractivity contribution < 1.29 is 14.3 Å². The molecule has 0 heterocycles. The zero-order valence-electron chi connectivity index (χ0n) is 17.6. The minimum Gasteiger partial charge on any atom is -0.492 e. The second-order valence-electron chi connectivity index (χ2n) is 7.73. The second kappa shape index (κ2) is 10.1. The Hall–Kier alpha value is -1.76. The van der Waals surface area contributed by atoms with Crippen LogP contribution in [0.5, 0.6) is 11.5 Å². The highest BCUT2D eigenvalue weighted by atomic mass is 127. The molecular weight excluding hydrogens is 465 g/mol. The minimum atomic E-state index is -0.122. The van der Waals surface area contributed by atoms with Crippen LogP contribution >= 0.6 is 22.6 Å². The third-order valence-electron chi connectivity index (χ3n) is 4.27. The normalized spacial score (nSPS) is 12.0. The van der Waals surface area contributed by atoms with Gasteiger partial charge in [0.25, 0.3) is 5.91 Å². The van der Waals surface area contributed by atoms with E-state index in [4.69, 9.17) is 9.47 Å². The highest BCUT2D eigenvalue weighted by Crippen LogP contribution is 2.30. The van der Waals surface area contributed by atoms with Crippen molar-refractivity contribution in [2.75, 3.05) is 13.2 Å². The summed E-state index contributed by atoms with van der Waals surface area (Å²) in [5.41, 5.74) is 3.90. The molecule has 5 heteroatoms. The molecule has 4 nitrogen and oxygen atoms in total. The van der Waals surface area contributed by atoms with E-state index in [1.807, 2.05) is 58.0 Å². The van der Waals surface area contributed by atoms with Gasteiger partial charge in [-0.15, -0.1) is 0 Å². The van der Waals surface area contributed by atoms with Crippen LogP contribution in [0.3, 0.4) is 0 Å². The van der Waals surface area contributed by atoms with E-state index in [1.165, 1.54) is 0 Å². The number of ether oxygens (including phenoxy) is 2. The molecule has 0 unspecified atom stereocenters. The zero-order chi connectivity index (χ0) is 20.8. The average molecular weight is 495 g/mol. The Morgan fingerprint density at radius 2 is 1.54 bits per heavy atom. The number of aryl methyl sites for hydroxylation is 3. The molecule has 0 aliphatic heterocycles. The first-order valence-corrected chi connectivity index (χ1v) is 10.7. The molecule has 0 spiro atoms. The molecule has 0 fully saturated rings. The third-order valence-corrected chi connectivity index (χ3v) is 5.33. The van der Waals surface area contributed by atoms with Gasteiger partial charge < -0.3 is 14.8 Å². The van der Waals surface area contributed by atoms with E-state index in [2.05, 4.69) is 41.8 Å². The average Bonchev–Trinajstić information content (AvgIpc) is 2.58. The summed E-state index contributed by atoms with van der Waals surface area (Å²) in [5, 5.41) is 3.04. The number of carbonyl (C=O) groups excluding carboxylic acids is 1. The van der Waals surface area contributed by atoms with Crippen molar-refractivity contribution in [2.24, 2.45) is 5.92 Å². The molecule has 1 atom stereocenters. The van der Waals surface area contributed by atoms with Crippen LogP contribution < -0.4 is 14.8 Å². The maximum atomic E-state index is 12.7. The Labute approximate surface area is 182 Å². The van der Waals surface area contributed by atoms with Crippen molar-refractivity contribution >= 4 is 28.5 Å². The van der Waals surface area contributed by atoms with E-state index >= 15 is 0 Å². The molecule has 0 aliphatic carbocycles. The van der Waals surface area contributed by atoms with Crippen molar-refractivity contribution in [1.29, 1.82) is 0 Å². The Morgan fingerprint density at radius 1 is 1.00 bits per heavy atom. The summed E-state index contributed by atoms with van der Waals surface area (Å²) in [6, 6.07) is 9.75. The Bertz CT molecular complexity index is 810. The maximum Gasteiger partial charge on any atom is 0.252 e. The van der Waals surface area contributed by atoms with Crippen LogP contribution in [0.15, 0.2) is 30.3 Å². The first kappa shape index (κ1) is 22.5. The number of amides is 1. The predicted molar refractivity (Wildman–Crippen MR) is 123 cm³/mol. The van der Waals surface area contributed by atoms with E-state index in [1.54, 1.807) is 0 Å². The van der Waals surface area contributed by atoms with Gasteiger partial charge in [0, 0.05) is 5.56 Å². The number of hydrogen-bond donors (Lipinski definition) is 1. The fraction of sp³-hybridized carbons (Fsp3) is 0.435. The molecule has 152 valence electrons. The smallest absolute Gasteiger partial charge is 0.252 e. The molecule has 0 saturated heterocycles. The van der Waals surface area contributed by atoms with E-state index < -0.39 is 0 Å². The van der Waals surface area contributed by atoms with E-state index in [9.17, 15) is 4.79 Å². The molecule has 1 N–H and O–H groups in total. The van der Waals surface area contributed by atoms with Crippen molar-refractivity contribution in [2.45, 2.75) is 47.6 Å². The van der Waals surface area contributed by atoms with Gasteiger partial charge >= 0.3 is 0 Å². The van der Waals surface area contributed by atoms with E-state index in [0.29, 0.717) is 19.1 Å². The molecule has 1 amide bonds. The van der Waals surface area contributed by atoms with E-state index in [-0.39, 0.29) is 11.9 Å². The van der Waals surface area contributed by atoms with Gasteiger partial charge in [-0.05, 0) is 79.5 Å². The first-order valence-electron chi connectivity index (χ1n) is 9.61. The molecule has 0 radical (unpaired) electrons. The molecular formula is C23H30INO3. The van der Waals surface area contributed by atoms with Crippen LogP contribution in [0.4, 0.5) is 0 Å². The summed E-state index contributed by atoms with van der Waals surface area (Å²) in [6.07, 6.45) is 0. The Balaban J connectivity index is 1.98. The quantitative estimate of drug-likeness (QED) is 0.496. The lowest BCUT2D eigenvalue weighted by Crippen LogP contribution is -2.37. The fourth-order valence-electron chi connectivity index (χ4n) is 3.06. The van der Waals surface area contributed by atoms with Gasteiger partial charge in [0.15, 0.2) is 0 Å². The molecule has 0 aliphatic rings. The van der Waals surface area contributed by atoms with Gasteiger partial charge in [-0.2, -0.15) is 0 Å². The maximum absolute atomic E-state index is 12.7. The van der Waals surface area contributed by atoms with Gasteiger partial charge in [-0.3, -0.25) is 4.79 Å². The summed E-state index contributed by atoms with van der Waals surface area (Å²) >= 11 is 2.24. The first-order chi connectivity index (χ1) is 13.2. The van der Waals surface area contributed by atoms with Gasteiger partial charge in [0.1, 0.15) is 18.1 Å². The number of carbonyl (C=O) groups is 1. The molecule has 0 saturated carbocycles. The topological polar surface area (TPSA) is 47.6 Å². The van der Waals surface area contributed by atoms with Gasteiger partial charge in [0.05, 0.1) is 16.2 Å². The van der Waals surface area contributed by atoms with Crippen LogP contribution in [-0.2, 0) is 0 Å². The highest BCUT2D eigenvalue weighted by Gasteiger charge is 2.16. The van der Waals surface area contributed by atoms with Crippen LogP contribution in [0, 0.1) is 30.3 Å². The monoisotopic (exact) mass is 495 g/mol. The lowest BCUT2D eigenvalue weighted by Gasteiger charge is -2.19. The van der Waals surface area contributed by atoms with Crippen LogP contribution in [0.25, 0.3) is 0 Å². The lowest BCUT2D eigenvalue weighted by molar-refractivity contribution is 0.0925.